The third-order valence-electron chi connectivity index (χ3n) is 3.66. The van der Waals surface area contributed by atoms with Crippen LogP contribution in [-0.4, -0.2) is 38.2 Å². The molecule has 148 valence electrons. The van der Waals surface area contributed by atoms with E-state index in [2.05, 4.69) is 26.2 Å². The van der Waals surface area contributed by atoms with Crippen LogP contribution in [0.1, 0.15) is 0 Å². The Hall–Kier alpha value is -3.28. The average Bonchev–Trinajstić information content (AvgIpc) is 2.65. The Morgan fingerprint density at radius 2 is 1.61 bits per heavy atom. The van der Waals surface area contributed by atoms with Crippen molar-refractivity contribution in [3.05, 3.63) is 49.0 Å². The molecular formula is C16H16BrN5O6. The number of nitrogens with zero attached hydrogens (tertiary/aromatic N) is 5. The maximum Gasteiger partial charge on any atom is 0.304 e. The first-order chi connectivity index (χ1) is 13.2. The van der Waals surface area contributed by atoms with Crippen molar-refractivity contribution in [2.45, 2.75) is 0 Å². The molecule has 0 atom stereocenters. The van der Waals surface area contributed by atoms with Gasteiger partial charge < -0.3 is 14.4 Å². The van der Waals surface area contributed by atoms with E-state index in [1.807, 2.05) is 19.0 Å². The van der Waals surface area contributed by atoms with Gasteiger partial charge in [-0.25, -0.2) is 0 Å². The van der Waals surface area contributed by atoms with Crippen molar-refractivity contribution in [3.8, 4) is 11.5 Å². The lowest BCUT2D eigenvalue weighted by molar-refractivity contribution is -0.393. The van der Waals surface area contributed by atoms with Crippen molar-refractivity contribution >= 4 is 44.4 Å². The number of benzene rings is 2. The fourth-order valence-corrected chi connectivity index (χ4v) is 2.83. The summed E-state index contributed by atoms with van der Waals surface area (Å²) in [4.78, 5) is 22.6. The predicted molar refractivity (Wildman–Crippen MR) is 105 cm³/mol. The smallest absolute Gasteiger partial charge is 0.304 e. The maximum absolute atomic E-state index is 11.3. The Balaban J connectivity index is 2.60. The molecular weight excluding hydrogens is 438 g/mol. The Morgan fingerprint density at radius 1 is 0.964 bits per heavy atom. The average molecular weight is 454 g/mol. The maximum atomic E-state index is 11.3. The first kappa shape index (κ1) is 21.0. The first-order valence-electron chi connectivity index (χ1n) is 7.67. The minimum atomic E-state index is -0.765. The second-order valence-corrected chi connectivity index (χ2v) is 6.45. The molecule has 28 heavy (non-hydrogen) atoms. The van der Waals surface area contributed by atoms with Gasteiger partial charge in [-0.1, -0.05) is 0 Å². The quantitative estimate of drug-likeness (QED) is 0.334. The molecule has 0 amide bonds. The second-order valence-electron chi connectivity index (χ2n) is 5.60. The fourth-order valence-electron chi connectivity index (χ4n) is 2.31. The Morgan fingerprint density at radius 3 is 2.11 bits per heavy atom. The summed E-state index contributed by atoms with van der Waals surface area (Å²) in [5.41, 5.74) is -0.147. The molecule has 0 heterocycles. The van der Waals surface area contributed by atoms with E-state index in [1.54, 1.807) is 12.1 Å². The summed E-state index contributed by atoms with van der Waals surface area (Å²) in [5, 5.41) is 30.2. The van der Waals surface area contributed by atoms with Crippen LogP contribution in [-0.2, 0) is 0 Å². The van der Waals surface area contributed by atoms with Gasteiger partial charge in [0.05, 0.1) is 40.3 Å². The number of methoxy groups -OCH3 is 2. The first-order valence-corrected chi connectivity index (χ1v) is 8.46. The highest BCUT2D eigenvalue weighted by Gasteiger charge is 2.23. The topological polar surface area (TPSA) is 133 Å². The molecule has 0 spiro atoms. The van der Waals surface area contributed by atoms with Crippen LogP contribution in [0.4, 0.5) is 28.4 Å². The van der Waals surface area contributed by atoms with E-state index in [1.165, 1.54) is 14.2 Å². The number of rotatable bonds is 7. The molecule has 0 N–H and O–H groups in total. The number of ether oxygens (including phenoxy) is 2. The van der Waals surface area contributed by atoms with E-state index in [0.29, 0.717) is 11.5 Å². The van der Waals surface area contributed by atoms with Crippen LogP contribution in [0.3, 0.4) is 0 Å². The number of nitro benzene ring substituents is 2. The highest BCUT2D eigenvalue weighted by atomic mass is 79.9. The van der Waals surface area contributed by atoms with Gasteiger partial charge in [0, 0.05) is 32.3 Å². The Bertz CT molecular complexity index is 963. The molecule has 0 fully saturated rings. The molecule has 0 unspecified atom stereocenters. The van der Waals surface area contributed by atoms with Crippen molar-refractivity contribution < 1.29 is 19.3 Å². The van der Waals surface area contributed by atoms with Gasteiger partial charge in [-0.2, -0.15) is 0 Å². The molecule has 2 rings (SSSR count). The molecule has 2 aromatic carbocycles. The summed E-state index contributed by atoms with van der Waals surface area (Å²) in [6, 6.07) is 5.20. The van der Waals surface area contributed by atoms with Crippen LogP contribution in [0.2, 0.25) is 0 Å². The standard InChI is InChI=1S/C16H16BrN5O6/c1-20(2)12-8-14(27-3)11(7-15(12)28-4)18-19-16-10(17)5-9(21(23)24)6-13(16)22(25)26/h5-8H,1-4H3. The van der Waals surface area contributed by atoms with Gasteiger partial charge in [-0.05, 0) is 15.9 Å². The Labute approximate surface area is 168 Å². The number of anilines is 1. The van der Waals surface area contributed by atoms with Crippen LogP contribution < -0.4 is 14.4 Å². The minimum Gasteiger partial charge on any atom is -0.494 e. The summed E-state index contributed by atoms with van der Waals surface area (Å²) in [6.07, 6.45) is 0. The van der Waals surface area contributed by atoms with Crippen LogP contribution in [0.5, 0.6) is 11.5 Å². The largest absolute Gasteiger partial charge is 0.494 e. The van der Waals surface area contributed by atoms with Gasteiger partial charge in [0.25, 0.3) is 5.69 Å². The van der Waals surface area contributed by atoms with Crippen molar-refractivity contribution in [1.82, 2.24) is 0 Å². The van der Waals surface area contributed by atoms with Gasteiger partial charge in [0.2, 0.25) is 0 Å². The summed E-state index contributed by atoms with van der Waals surface area (Å²) >= 11 is 3.08. The van der Waals surface area contributed by atoms with Crippen LogP contribution in [0, 0.1) is 20.2 Å². The normalized spacial score (nSPS) is 10.8. The molecule has 0 aliphatic carbocycles. The summed E-state index contributed by atoms with van der Waals surface area (Å²) in [7, 11) is 6.60. The van der Waals surface area contributed by atoms with E-state index in [-0.39, 0.29) is 15.8 Å². The van der Waals surface area contributed by atoms with Crippen molar-refractivity contribution in [2.75, 3.05) is 33.2 Å². The SMILES string of the molecule is COc1cc(N(C)C)c(OC)cc1N=Nc1c(Br)cc([N+](=O)[O-])cc1[N+](=O)[O-]. The van der Waals surface area contributed by atoms with Crippen LogP contribution >= 0.6 is 15.9 Å². The highest BCUT2D eigenvalue weighted by molar-refractivity contribution is 9.10. The third-order valence-corrected chi connectivity index (χ3v) is 4.26. The molecule has 0 aliphatic heterocycles. The van der Waals surface area contributed by atoms with Gasteiger partial charge in [-0.3, -0.25) is 20.2 Å². The number of azo groups is 1. The number of halogens is 1. The van der Waals surface area contributed by atoms with Crippen LogP contribution in [0.25, 0.3) is 0 Å². The molecule has 2 aromatic rings. The van der Waals surface area contributed by atoms with Gasteiger partial charge in [-0.15, -0.1) is 10.2 Å². The molecule has 0 bridgehead atoms. The Kier molecular flexibility index (Phi) is 6.46. The lowest BCUT2D eigenvalue weighted by Gasteiger charge is -2.18. The second kappa shape index (κ2) is 8.61. The zero-order valence-electron chi connectivity index (χ0n) is 15.4. The monoisotopic (exact) mass is 453 g/mol. The molecule has 12 heteroatoms. The molecule has 0 saturated carbocycles. The summed E-state index contributed by atoms with van der Waals surface area (Å²) < 4.78 is 10.7. The van der Waals surface area contributed by atoms with Gasteiger partial charge >= 0.3 is 5.69 Å². The molecule has 0 aromatic heterocycles. The number of hydrogen-bond donors (Lipinski definition) is 0. The van der Waals surface area contributed by atoms with E-state index in [4.69, 9.17) is 9.47 Å². The van der Waals surface area contributed by atoms with Crippen LogP contribution in [0.15, 0.2) is 39.0 Å². The zero-order chi connectivity index (χ0) is 21.0. The van der Waals surface area contributed by atoms with Crippen molar-refractivity contribution in [3.63, 3.8) is 0 Å². The zero-order valence-corrected chi connectivity index (χ0v) is 17.0. The molecule has 11 nitrogen and oxygen atoms in total. The van der Waals surface area contributed by atoms with E-state index >= 15 is 0 Å². The van der Waals surface area contributed by atoms with E-state index < -0.39 is 21.2 Å². The molecule has 0 aliphatic rings. The number of nitro groups is 2. The van der Waals surface area contributed by atoms with Crippen molar-refractivity contribution in [2.24, 2.45) is 10.2 Å². The lowest BCUT2D eigenvalue weighted by atomic mass is 10.2. The highest BCUT2D eigenvalue weighted by Crippen LogP contribution is 2.43. The van der Waals surface area contributed by atoms with Gasteiger partial charge in [0.1, 0.15) is 17.2 Å². The summed E-state index contributed by atoms with van der Waals surface area (Å²) in [6.45, 7) is 0. The van der Waals surface area contributed by atoms with Gasteiger partial charge in [0.15, 0.2) is 5.69 Å². The van der Waals surface area contributed by atoms with E-state index in [0.717, 1.165) is 17.8 Å². The third kappa shape index (κ3) is 4.34. The number of hydrogen-bond acceptors (Lipinski definition) is 9. The minimum absolute atomic E-state index is 0.0630. The summed E-state index contributed by atoms with van der Waals surface area (Å²) in [5.74, 6) is 0.867. The van der Waals surface area contributed by atoms with Crippen molar-refractivity contribution in [1.29, 1.82) is 0 Å². The molecule has 0 radical (unpaired) electrons. The predicted octanol–water partition coefficient (Wildman–Crippen LogP) is 4.76. The fraction of sp³-hybridized carbons (Fsp3) is 0.250. The lowest BCUT2D eigenvalue weighted by Crippen LogP contribution is -2.10. The van der Waals surface area contributed by atoms with E-state index in [9.17, 15) is 20.2 Å². The number of non-ortho nitro benzene ring substituents is 1. The molecule has 0 saturated heterocycles.